The molecule has 0 heterocycles. The summed E-state index contributed by atoms with van der Waals surface area (Å²) in [5.41, 5.74) is 18.1. The van der Waals surface area contributed by atoms with Crippen molar-refractivity contribution < 1.29 is 28.8 Å². The smallest absolute Gasteiger partial charge is 0.360 e. The highest BCUT2D eigenvalue weighted by Crippen LogP contribution is 2.10. The van der Waals surface area contributed by atoms with Crippen molar-refractivity contribution in [3.8, 4) is 0 Å². The van der Waals surface area contributed by atoms with E-state index in [0.29, 0.717) is 12.8 Å². The van der Waals surface area contributed by atoms with Gasteiger partial charge in [0.15, 0.2) is 0 Å². The molecule has 1 aromatic carbocycles. The summed E-state index contributed by atoms with van der Waals surface area (Å²) in [7, 11) is 0. The number of ketones is 4. The van der Waals surface area contributed by atoms with Gasteiger partial charge in [-0.05, 0) is 24.0 Å². The van der Waals surface area contributed by atoms with Gasteiger partial charge in [-0.3, -0.25) is 19.2 Å². The van der Waals surface area contributed by atoms with E-state index < -0.39 is 34.6 Å². The predicted molar refractivity (Wildman–Crippen MR) is 91.7 cm³/mol. The molecule has 0 N–H and O–H groups in total. The maximum Gasteiger partial charge on any atom is 0.399 e. The quantitative estimate of drug-likeness (QED) is 0.269. The van der Waals surface area contributed by atoms with Crippen molar-refractivity contribution in [3.05, 3.63) is 46.5 Å². The first-order valence-electron chi connectivity index (χ1n) is 7.90. The summed E-state index contributed by atoms with van der Waals surface area (Å²) in [6.07, 6.45) is 0.809. The molecule has 0 spiro atoms. The zero-order valence-corrected chi connectivity index (χ0v) is 14.6. The molecule has 0 fully saturated rings. The molecule has 0 aliphatic heterocycles. The largest absolute Gasteiger partial charge is 0.399 e. The third-order valence-corrected chi connectivity index (χ3v) is 3.70. The van der Waals surface area contributed by atoms with Crippen molar-refractivity contribution >= 4 is 34.6 Å². The Morgan fingerprint density at radius 2 is 1.04 bits per heavy atom. The lowest BCUT2D eigenvalue weighted by Gasteiger charge is -2.02. The molecule has 0 bridgehead atoms. The van der Waals surface area contributed by atoms with E-state index >= 15 is 0 Å². The lowest BCUT2D eigenvalue weighted by Crippen LogP contribution is -2.23. The van der Waals surface area contributed by atoms with Crippen LogP contribution in [0.15, 0.2) is 24.3 Å². The maximum atomic E-state index is 11.8. The fourth-order valence-corrected chi connectivity index (χ4v) is 2.27. The van der Waals surface area contributed by atoms with Crippen LogP contribution in [0.1, 0.15) is 37.8 Å². The van der Waals surface area contributed by atoms with Gasteiger partial charge < -0.3 is 11.1 Å². The second kappa shape index (κ2) is 9.84. The summed E-state index contributed by atoms with van der Waals surface area (Å²) >= 11 is 0. The van der Waals surface area contributed by atoms with Crippen LogP contribution < -0.4 is 0 Å². The monoisotopic (exact) mass is 354 g/mol. The van der Waals surface area contributed by atoms with Gasteiger partial charge in [0.05, 0.1) is 0 Å². The van der Waals surface area contributed by atoms with Crippen molar-refractivity contribution in [1.82, 2.24) is 0 Å². The lowest BCUT2D eigenvalue weighted by atomic mass is 10.00. The first-order chi connectivity index (χ1) is 12.3. The van der Waals surface area contributed by atoms with Crippen molar-refractivity contribution in [3.63, 3.8) is 0 Å². The van der Waals surface area contributed by atoms with E-state index in [1.54, 1.807) is 24.3 Å². The third kappa shape index (κ3) is 5.94. The molecule has 1 aromatic rings. The SMILES string of the molecule is CC(=O)C(=[N+]=[N-])C(=O)CCc1ccc(CCC(=O)C(=[N+]=[N-])C(C)=O)cc1. The molecule has 0 aliphatic rings. The first-order valence-corrected chi connectivity index (χ1v) is 7.90. The van der Waals surface area contributed by atoms with E-state index in [2.05, 4.69) is 9.58 Å². The Morgan fingerprint density at radius 1 is 0.731 bits per heavy atom. The molecule has 8 nitrogen and oxygen atoms in total. The van der Waals surface area contributed by atoms with Crippen LogP contribution in [0.4, 0.5) is 0 Å². The van der Waals surface area contributed by atoms with Gasteiger partial charge in [0.25, 0.3) is 0 Å². The predicted octanol–water partition coefficient (Wildman–Crippen LogP) is 1.21. The fourth-order valence-electron chi connectivity index (χ4n) is 2.27. The van der Waals surface area contributed by atoms with Gasteiger partial charge in [-0.25, -0.2) is 0 Å². The van der Waals surface area contributed by atoms with Crippen LogP contribution in [-0.4, -0.2) is 44.1 Å². The maximum absolute atomic E-state index is 11.8. The molecule has 134 valence electrons. The molecule has 0 atom stereocenters. The highest BCUT2D eigenvalue weighted by molar-refractivity contribution is 6.64. The number of nitrogens with zero attached hydrogens (tertiary/aromatic N) is 4. The summed E-state index contributed by atoms with van der Waals surface area (Å²) < 4.78 is 0. The Kier molecular flexibility index (Phi) is 7.83. The molecule has 26 heavy (non-hydrogen) atoms. The third-order valence-electron chi connectivity index (χ3n) is 3.70. The number of benzene rings is 1. The van der Waals surface area contributed by atoms with Gasteiger partial charge in [0, 0.05) is 26.7 Å². The Hall–Kier alpha value is -3.34. The molecule has 8 heteroatoms. The molecule has 1 rings (SSSR count). The molecule has 0 saturated carbocycles. The number of aryl methyl sites for hydroxylation is 2. The van der Waals surface area contributed by atoms with Crippen LogP contribution >= 0.6 is 0 Å². The first kappa shape index (κ1) is 20.7. The second-order valence-electron chi connectivity index (χ2n) is 5.67. The number of hydrogen-bond donors (Lipinski definition) is 0. The van der Waals surface area contributed by atoms with Crippen LogP contribution in [-0.2, 0) is 32.0 Å². The van der Waals surface area contributed by atoms with Crippen LogP contribution in [0, 0.1) is 0 Å². The Morgan fingerprint density at radius 3 is 1.27 bits per heavy atom. The molecule has 0 aliphatic carbocycles. The molecule has 0 unspecified atom stereocenters. The Balaban J connectivity index is 2.61. The van der Waals surface area contributed by atoms with Crippen LogP contribution in [0.3, 0.4) is 0 Å². The standard InChI is InChI=1S/C18H18N4O4/c1-11(23)17(21-19)15(25)9-7-13-3-5-14(6-4-13)8-10-16(26)18(22-20)12(2)24/h3-6H,7-10H2,1-2H3. The second-order valence-corrected chi connectivity index (χ2v) is 5.67. The molecular weight excluding hydrogens is 336 g/mol. The average Bonchev–Trinajstić information content (AvgIpc) is 2.59. The fraction of sp³-hybridized carbons (Fsp3) is 0.333. The topological polar surface area (TPSA) is 141 Å². The number of rotatable bonds is 10. The van der Waals surface area contributed by atoms with E-state index in [1.165, 1.54) is 0 Å². The molecule has 0 aromatic heterocycles. The minimum atomic E-state index is -0.589. The summed E-state index contributed by atoms with van der Waals surface area (Å²) in [6, 6.07) is 7.12. The number of Topliss-reactive ketones (excluding diaryl/α,β-unsaturated/α-hetero) is 4. The van der Waals surface area contributed by atoms with Crippen molar-refractivity contribution in [2.75, 3.05) is 0 Å². The Labute approximate surface area is 150 Å². The molecule has 0 amide bonds. The summed E-state index contributed by atoms with van der Waals surface area (Å²) in [4.78, 5) is 51.2. The van der Waals surface area contributed by atoms with E-state index in [9.17, 15) is 19.2 Å². The van der Waals surface area contributed by atoms with E-state index in [-0.39, 0.29) is 12.8 Å². The normalized spacial score (nSPS) is 9.62. The van der Waals surface area contributed by atoms with Crippen molar-refractivity contribution in [2.45, 2.75) is 39.5 Å². The zero-order valence-electron chi connectivity index (χ0n) is 14.6. The van der Waals surface area contributed by atoms with Gasteiger partial charge in [0.1, 0.15) is 0 Å². The molecule has 0 saturated heterocycles. The minimum Gasteiger partial charge on any atom is -0.360 e. The molecular formula is C18H18N4O4. The number of carbonyl (C=O) groups excluding carboxylic acids is 4. The van der Waals surface area contributed by atoms with E-state index in [0.717, 1.165) is 25.0 Å². The highest BCUT2D eigenvalue weighted by atomic mass is 16.2. The Bertz CT molecular complexity index is 771. The van der Waals surface area contributed by atoms with Gasteiger partial charge >= 0.3 is 11.4 Å². The summed E-state index contributed by atoms with van der Waals surface area (Å²) in [5, 5.41) is 0. The van der Waals surface area contributed by atoms with Crippen molar-refractivity contribution in [2.24, 2.45) is 0 Å². The van der Waals surface area contributed by atoms with Crippen LogP contribution in [0.5, 0.6) is 0 Å². The van der Waals surface area contributed by atoms with E-state index in [1.807, 2.05) is 0 Å². The number of carbonyl (C=O) groups is 4. The summed E-state index contributed by atoms with van der Waals surface area (Å²) in [5.74, 6) is -2.24. The van der Waals surface area contributed by atoms with Gasteiger partial charge in [-0.1, -0.05) is 24.3 Å². The summed E-state index contributed by atoms with van der Waals surface area (Å²) in [6.45, 7) is 2.31. The van der Waals surface area contributed by atoms with E-state index in [4.69, 9.17) is 11.1 Å². The van der Waals surface area contributed by atoms with Crippen LogP contribution in [0.2, 0.25) is 0 Å². The van der Waals surface area contributed by atoms with Crippen LogP contribution in [0.25, 0.3) is 11.1 Å². The zero-order chi connectivity index (χ0) is 19.7. The van der Waals surface area contributed by atoms with Gasteiger partial charge in [-0.15, -0.1) is 0 Å². The van der Waals surface area contributed by atoms with Gasteiger partial charge in [-0.2, -0.15) is 9.58 Å². The van der Waals surface area contributed by atoms with Crippen molar-refractivity contribution in [1.29, 1.82) is 0 Å². The minimum absolute atomic E-state index is 0.0335. The van der Waals surface area contributed by atoms with Gasteiger partial charge in [0.2, 0.25) is 23.1 Å². The highest BCUT2D eigenvalue weighted by Gasteiger charge is 2.25. The average molecular weight is 354 g/mol. The molecule has 0 radical (unpaired) electrons. The number of hydrogen-bond acceptors (Lipinski definition) is 4. The lowest BCUT2D eigenvalue weighted by molar-refractivity contribution is -0.124.